The number of nitrogens with zero attached hydrogens (tertiary/aromatic N) is 2. The van der Waals surface area contributed by atoms with Gasteiger partial charge in [0, 0.05) is 17.5 Å². The highest BCUT2D eigenvalue weighted by Crippen LogP contribution is 2.14. The molecule has 1 amide bonds. The molecule has 0 bridgehead atoms. The molecule has 0 fully saturated rings. The van der Waals surface area contributed by atoms with Gasteiger partial charge in [-0.05, 0) is 39.5 Å². The maximum atomic E-state index is 12.0. The number of hydrogen-bond donors (Lipinski definition) is 1. The molecule has 0 aliphatic carbocycles. The van der Waals surface area contributed by atoms with Crippen LogP contribution in [-0.2, 0) is 12.8 Å². The van der Waals surface area contributed by atoms with Crippen molar-refractivity contribution < 1.29 is 9.32 Å². The summed E-state index contributed by atoms with van der Waals surface area (Å²) in [4.78, 5) is 16.3. The molecule has 0 atom stereocenters. The minimum absolute atomic E-state index is 0.0904. The highest BCUT2D eigenvalue weighted by Gasteiger charge is 2.11. The summed E-state index contributed by atoms with van der Waals surface area (Å²) in [6.07, 6.45) is 3.70. The van der Waals surface area contributed by atoms with Gasteiger partial charge in [0.25, 0.3) is 5.91 Å². The van der Waals surface area contributed by atoms with Crippen LogP contribution in [0.1, 0.15) is 52.3 Å². The number of nitrogens with one attached hydrogen (secondary N) is 1. The molecule has 2 heterocycles. The Labute approximate surface area is 128 Å². The van der Waals surface area contributed by atoms with E-state index in [0.29, 0.717) is 12.2 Å². The van der Waals surface area contributed by atoms with Crippen LogP contribution in [0.4, 0.5) is 0 Å². The number of carbonyl (C=O) groups excluding carboxylic acids is 1. The molecule has 0 aliphatic heterocycles. The van der Waals surface area contributed by atoms with E-state index in [9.17, 15) is 4.79 Å². The zero-order chi connectivity index (χ0) is 15.2. The van der Waals surface area contributed by atoms with Crippen LogP contribution in [0.5, 0.6) is 0 Å². The lowest BCUT2D eigenvalue weighted by Gasteiger charge is -2.03. The third-order valence-corrected chi connectivity index (χ3v) is 4.23. The number of hydrogen-bond acceptors (Lipinski definition) is 5. The first-order valence-corrected chi connectivity index (χ1v) is 8.14. The molecule has 114 valence electrons. The van der Waals surface area contributed by atoms with Gasteiger partial charge in [-0.2, -0.15) is 0 Å². The first-order valence-electron chi connectivity index (χ1n) is 7.26. The molecule has 1 N–H and O–H groups in total. The van der Waals surface area contributed by atoms with Crippen molar-refractivity contribution in [3.05, 3.63) is 33.1 Å². The van der Waals surface area contributed by atoms with Gasteiger partial charge in [0.05, 0.1) is 10.7 Å². The van der Waals surface area contributed by atoms with Crippen LogP contribution in [0, 0.1) is 13.8 Å². The molecule has 0 spiro atoms. The average molecular weight is 307 g/mol. The molecule has 0 radical (unpaired) electrons. The molecule has 0 aromatic carbocycles. The molecule has 2 aromatic rings. The van der Waals surface area contributed by atoms with Gasteiger partial charge in [-0.15, -0.1) is 11.3 Å². The molecule has 0 saturated carbocycles. The largest absolute Gasteiger partial charge is 0.361 e. The molecular weight excluding hydrogens is 286 g/mol. The van der Waals surface area contributed by atoms with E-state index in [1.807, 2.05) is 19.2 Å². The third-order valence-electron chi connectivity index (χ3n) is 3.32. The summed E-state index contributed by atoms with van der Waals surface area (Å²) in [5.41, 5.74) is 2.60. The van der Waals surface area contributed by atoms with E-state index in [0.717, 1.165) is 47.7 Å². The van der Waals surface area contributed by atoms with E-state index in [-0.39, 0.29) is 5.91 Å². The monoisotopic (exact) mass is 307 g/mol. The lowest BCUT2D eigenvalue weighted by molar-refractivity contribution is 0.0949. The Kier molecular flexibility index (Phi) is 5.50. The highest BCUT2D eigenvalue weighted by molar-refractivity contribution is 7.09. The van der Waals surface area contributed by atoms with Crippen LogP contribution in [0.25, 0.3) is 0 Å². The Bertz CT molecular complexity index is 584. The summed E-state index contributed by atoms with van der Waals surface area (Å²) in [5.74, 6) is 0.773. The van der Waals surface area contributed by atoms with Gasteiger partial charge in [0.1, 0.15) is 11.5 Å². The molecular formula is C15H21N3O2S. The molecule has 0 unspecified atom stereocenters. The lowest BCUT2D eigenvalue weighted by atomic mass is 10.1. The van der Waals surface area contributed by atoms with Crippen molar-refractivity contribution in [3.8, 4) is 0 Å². The van der Waals surface area contributed by atoms with Crippen molar-refractivity contribution in [1.82, 2.24) is 15.5 Å². The molecule has 0 aliphatic rings. The van der Waals surface area contributed by atoms with Crippen molar-refractivity contribution in [3.63, 3.8) is 0 Å². The molecule has 0 saturated heterocycles. The van der Waals surface area contributed by atoms with Crippen LogP contribution in [0.3, 0.4) is 0 Å². The minimum Gasteiger partial charge on any atom is -0.361 e. The van der Waals surface area contributed by atoms with E-state index in [4.69, 9.17) is 4.52 Å². The zero-order valence-corrected chi connectivity index (χ0v) is 13.5. The molecule has 2 aromatic heterocycles. The Morgan fingerprint density at radius 2 is 2.19 bits per heavy atom. The summed E-state index contributed by atoms with van der Waals surface area (Å²) < 4.78 is 5.12. The summed E-state index contributed by atoms with van der Waals surface area (Å²) >= 11 is 1.55. The smallest absolute Gasteiger partial charge is 0.270 e. The van der Waals surface area contributed by atoms with Crippen LogP contribution in [-0.4, -0.2) is 22.6 Å². The quantitative estimate of drug-likeness (QED) is 0.798. The fourth-order valence-corrected chi connectivity index (χ4v) is 3.04. The fourth-order valence-electron chi connectivity index (χ4n) is 2.16. The number of rotatable bonds is 7. The topological polar surface area (TPSA) is 68.0 Å². The predicted octanol–water partition coefficient (Wildman–Crippen LogP) is 3.06. The zero-order valence-electron chi connectivity index (χ0n) is 12.7. The minimum atomic E-state index is -0.0904. The van der Waals surface area contributed by atoms with E-state index in [1.165, 1.54) is 0 Å². The number of aromatic nitrogens is 2. The molecule has 6 heteroatoms. The van der Waals surface area contributed by atoms with E-state index in [2.05, 4.69) is 22.4 Å². The summed E-state index contributed by atoms with van der Waals surface area (Å²) in [6.45, 7) is 6.59. The van der Waals surface area contributed by atoms with Crippen LogP contribution < -0.4 is 5.32 Å². The summed E-state index contributed by atoms with van der Waals surface area (Å²) in [6, 6.07) is 0. The third kappa shape index (κ3) is 4.14. The standard InChI is InChI=1S/C15H21N3O2S/c1-4-6-14-17-13(9-21-14)15(19)16-8-5-7-12-10(2)18-20-11(12)3/h9H,4-8H2,1-3H3,(H,16,19). The first kappa shape index (κ1) is 15.7. The second-order valence-electron chi connectivity index (χ2n) is 5.04. The lowest BCUT2D eigenvalue weighted by Crippen LogP contribution is -2.25. The summed E-state index contributed by atoms with van der Waals surface area (Å²) in [7, 11) is 0. The number of amides is 1. The number of aryl methyl sites for hydroxylation is 3. The van der Waals surface area contributed by atoms with Gasteiger partial charge in [-0.1, -0.05) is 12.1 Å². The normalized spacial score (nSPS) is 10.8. The van der Waals surface area contributed by atoms with Crippen molar-refractivity contribution in [1.29, 1.82) is 0 Å². The Balaban J connectivity index is 1.76. The van der Waals surface area contributed by atoms with Gasteiger partial charge in [-0.3, -0.25) is 4.79 Å². The Hall–Kier alpha value is -1.69. The predicted molar refractivity (Wildman–Crippen MR) is 82.7 cm³/mol. The average Bonchev–Trinajstić information content (AvgIpc) is 3.04. The SMILES string of the molecule is CCCc1nc(C(=O)NCCCc2c(C)noc2C)cs1. The van der Waals surface area contributed by atoms with E-state index in [1.54, 1.807) is 11.3 Å². The van der Waals surface area contributed by atoms with Crippen molar-refractivity contribution in [2.45, 2.75) is 46.5 Å². The maximum Gasteiger partial charge on any atom is 0.270 e. The van der Waals surface area contributed by atoms with Gasteiger partial charge < -0.3 is 9.84 Å². The van der Waals surface area contributed by atoms with Gasteiger partial charge in [0.2, 0.25) is 0 Å². The van der Waals surface area contributed by atoms with E-state index < -0.39 is 0 Å². The number of carbonyl (C=O) groups is 1. The van der Waals surface area contributed by atoms with Gasteiger partial charge in [0.15, 0.2) is 0 Å². The molecule has 21 heavy (non-hydrogen) atoms. The van der Waals surface area contributed by atoms with Gasteiger partial charge >= 0.3 is 0 Å². The Morgan fingerprint density at radius 1 is 1.38 bits per heavy atom. The van der Waals surface area contributed by atoms with Crippen molar-refractivity contribution in [2.24, 2.45) is 0 Å². The van der Waals surface area contributed by atoms with Crippen molar-refractivity contribution in [2.75, 3.05) is 6.54 Å². The second-order valence-corrected chi connectivity index (χ2v) is 5.98. The number of thiazole rings is 1. The summed E-state index contributed by atoms with van der Waals surface area (Å²) in [5, 5.41) is 9.69. The van der Waals surface area contributed by atoms with Crippen molar-refractivity contribution >= 4 is 17.2 Å². The second kappa shape index (κ2) is 7.36. The van der Waals surface area contributed by atoms with Crippen LogP contribution in [0.2, 0.25) is 0 Å². The molecule has 2 rings (SSSR count). The van der Waals surface area contributed by atoms with Gasteiger partial charge in [-0.25, -0.2) is 4.98 Å². The van der Waals surface area contributed by atoms with Crippen LogP contribution in [0.15, 0.2) is 9.90 Å². The molecule has 5 nitrogen and oxygen atoms in total. The maximum absolute atomic E-state index is 12.0. The first-order chi connectivity index (χ1) is 10.1. The van der Waals surface area contributed by atoms with E-state index >= 15 is 0 Å². The Morgan fingerprint density at radius 3 is 2.86 bits per heavy atom. The fraction of sp³-hybridized carbons (Fsp3) is 0.533. The highest BCUT2D eigenvalue weighted by atomic mass is 32.1. The van der Waals surface area contributed by atoms with Crippen LogP contribution >= 0.6 is 11.3 Å².